The van der Waals surface area contributed by atoms with Crippen molar-refractivity contribution in [1.29, 1.82) is 10.5 Å². The minimum absolute atomic E-state index is 0.164. The lowest BCUT2D eigenvalue weighted by Crippen LogP contribution is -2.09. The maximum Gasteiger partial charge on any atom is 0.256 e. The van der Waals surface area contributed by atoms with E-state index in [1.165, 1.54) is 0 Å². The molecule has 4 rings (SSSR count). The molecule has 0 saturated heterocycles. The molecule has 4 aromatic rings. The summed E-state index contributed by atoms with van der Waals surface area (Å²) >= 11 is 0. The van der Waals surface area contributed by atoms with Gasteiger partial charge in [0.25, 0.3) is 5.56 Å². The average molecular weight is 347 g/mol. The molecule has 3 aromatic carbocycles. The minimum Gasteiger partial charge on any atom is -0.321 e. The normalized spacial score (nSPS) is 10.3. The van der Waals surface area contributed by atoms with Crippen LogP contribution < -0.4 is 5.56 Å². The van der Waals surface area contributed by atoms with Crippen molar-refractivity contribution < 1.29 is 0 Å². The number of H-pyrrole nitrogens is 1. The molecule has 0 aliphatic carbocycles. The number of nitrogens with zero attached hydrogens (tertiary/aromatic N) is 2. The highest BCUT2D eigenvalue weighted by Gasteiger charge is 2.15. The highest BCUT2D eigenvalue weighted by molar-refractivity contribution is 6.02. The molecule has 0 radical (unpaired) electrons. The van der Waals surface area contributed by atoms with Gasteiger partial charge < -0.3 is 4.98 Å². The molecule has 0 saturated carbocycles. The Morgan fingerprint density at radius 3 is 1.74 bits per heavy atom. The van der Waals surface area contributed by atoms with E-state index in [1.54, 1.807) is 30.3 Å². The number of fused-ring (bicyclic) bond motifs is 1. The van der Waals surface area contributed by atoms with Gasteiger partial charge in [-0.2, -0.15) is 10.5 Å². The monoisotopic (exact) mass is 347 g/mol. The summed E-state index contributed by atoms with van der Waals surface area (Å²) in [6.07, 6.45) is 0. The molecule has 0 aliphatic rings. The fourth-order valence-electron chi connectivity index (χ4n) is 3.22. The van der Waals surface area contributed by atoms with E-state index >= 15 is 0 Å². The van der Waals surface area contributed by atoms with Gasteiger partial charge >= 0.3 is 0 Å². The first-order valence-electron chi connectivity index (χ1n) is 8.37. The van der Waals surface area contributed by atoms with Crippen molar-refractivity contribution in [1.82, 2.24) is 4.98 Å². The zero-order valence-electron chi connectivity index (χ0n) is 14.2. The number of nitrogens with one attached hydrogen (secondary N) is 1. The van der Waals surface area contributed by atoms with Crippen molar-refractivity contribution in [3.63, 3.8) is 0 Å². The minimum atomic E-state index is -0.164. The van der Waals surface area contributed by atoms with Gasteiger partial charge in [-0.1, -0.05) is 42.5 Å². The van der Waals surface area contributed by atoms with Crippen LogP contribution in [0.2, 0.25) is 0 Å². The molecular weight excluding hydrogens is 334 g/mol. The summed E-state index contributed by atoms with van der Waals surface area (Å²) in [4.78, 5) is 15.6. The van der Waals surface area contributed by atoms with E-state index in [1.807, 2.05) is 42.5 Å². The average Bonchev–Trinajstić information content (AvgIpc) is 2.74. The summed E-state index contributed by atoms with van der Waals surface area (Å²) in [5.74, 6) is 0. The summed E-state index contributed by atoms with van der Waals surface area (Å²) in [5.41, 5.74) is 4.26. The van der Waals surface area contributed by atoms with Crippen LogP contribution in [0.15, 0.2) is 77.6 Å². The first-order chi connectivity index (χ1) is 13.2. The molecule has 0 aliphatic heterocycles. The third-order valence-corrected chi connectivity index (χ3v) is 4.53. The Hall–Kier alpha value is -4.15. The Morgan fingerprint density at radius 2 is 1.19 bits per heavy atom. The molecule has 0 amide bonds. The predicted molar refractivity (Wildman–Crippen MR) is 105 cm³/mol. The van der Waals surface area contributed by atoms with Crippen molar-refractivity contribution in [2.24, 2.45) is 0 Å². The molecule has 0 spiro atoms. The molecule has 1 N–H and O–H groups in total. The Bertz CT molecular complexity index is 1290. The van der Waals surface area contributed by atoms with Crippen molar-refractivity contribution in [2.75, 3.05) is 0 Å². The SMILES string of the molecule is N#Cc1ccc(-c2[nH]c(=O)c3ccccc3c2-c2ccc(C#N)cc2)cc1. The van der Waals surface area contributed by atoms with Gasteiger partial charge in [-0.25, -0.2) is 0 Å². The number of nitriles is 2. The van der Waals surface area contributed by atoms with Crippen LogP contribution in [0.25, 0.3) is 33.2 Å². The molecule has 4 nitrogen and oxygen atoms in total. The summed E-state index contributed by atoms with van der Waals surface area (Å²) in [7, 11) is 0. The highest BCUT2D eigenvalue weighted by Crippen LogP contribution is 2.35. The lowest BCUT2D eigenvalue weighted by molar-refractivity contribution is 1.28. The van der Waals surface area contributed by atoms with Crippen molar-refractivity contribution in [2.45, 2.75) is 0 Å². The van der Waals surface area contributed by atoms with Crippen LogP contribution in [-0.4, -0.2) is 4.98 Å². The fraction of sp³-hybridized carbons (Fsp3) is 0. The zero-order valence-corrected chi connectivity index (χ0v) is 14.2. The highest BCUT2D eigenvalue weighted by atomic mass is 16.1. The predicted octanol–water partition coefficient (Wildman–Crippen LogP) is 4.61. The van der Waals surface area contributed by atoms with Crippen LogP contribution in [-0.2, 0) is 0 Å². The topological polar surface area (TPSA) is 80.4 Å². The van der Waals surface area contributed by atoms with Crippen molar-refractivity contribution in [3.8, 4) is 34.5 Å². The third-order valence-electron chi connectivity index (χ3n) is 4.53. The summed E-state index contributed by atoms with van der Waals surface area (Å²) in [6.45, 7) is 0. The van der Waals surface area contributed by atoms with E-state index in [0.717, 1.165) is 22.1 Å². The molecule has 1 heterocycles. The molecule has 126 valence electrons. The maximum absolute atomic E-state index is 12.6. The van der Waals surface area contributed by atoms with E-state index in [0.29, 0.717) is 22.2 Å². The van der Waals surface area contributed by atoms with E-state index in [9.17, 15) is 4.79 Å². The number of aromatic amines is 1. The number of hydrogen-bond donors (Lipinski definition) is 1. The standard InChI is InChI=1S/C23H13N3O/c24-13-15-5-9-17(10-6-15)21-19-3-1-2-4-20(19)23(27)26-22(21)18-11-7-16(14-25)8-12-18/h1-12H,(H,26,27). The lowest BCUT2D eigenvalue weighted by atomic mass is 9.93. The van der Waals surface area contributed by atoms with Crippen molar-refractivity contribution >= 4 is 10.8 Å². The number of benzene rings is 3. The first-order valence-corrected chi connectivity index (χ1v) is 8.37. The molecule has 0 unspecified atom stereocenters. The Kier molecular flexibility index (Phi) is 4.01. The lowest BCUT2D eigenvalue weighted by Gasteiger charge is -2.14. The Labute approximate surface area is 155 Å². The Balaban J connectivity index is 2.06. The van der Waals surface area contributed by atoms with E-state index in [2.05, 4.69) is 17.1 Å². The van der Waals surface area contributed by atoms with Crippen LogP contribution in [0.5, 0.6) is 0 Å². The molecule has 0 bridgehead atoms. The second-order valence-electron chi connectivity index (χ2n) is 6.13. The van der Waals surface area contributed by atoms with E-state index < -0.39 is 0 Å². The summed E-state index contributed by atoms with van der Waals surface area (Å²) < 4.78 is 0. The quantitative estimate of drug-likeness (QED) is 0.575. The maximum atomic E-state index is 12.6. The van der Waals surface area contributed by atoms with Crippen LogP contribution in [0.4, 0.5) is 0 Å². The molecule has 0 fully saturated rings. The molecule has 1 aromatic heterocycles. The Morgan fingerprint density at radius 1 is 0.667 bits per heavy atom. The van der Waals surface area contributed by atoms with Gasteiger partial charge in [0.1, 0.15) is 0 Å². The van der Waals surface area contributed by atoms with Gasteiger partial charge in [-0.05, 0) is 46.8 Å². The van der Waals surface area contributed by atoms with Gasteiger partial charge in [0.05, 0.1) is 29.0 Å². The van der Waals surface area contributed by atoms with Crippen molar-refractivity contribution in [3.05, 3.63) is 94.3 Å². The summed E-state index contributed by atoms with van der Waals surface area (Å²) in [6, 6.07) is 26.1. The number of pyridine rings is 1. The second kappa shape index (κ2) is 6.63. The number of aromatic nitrogens is 1. The van der Waals surface area contributed by atoms with Gasteiger partial charge in [-0.15, -0.1) is 0 Å². The largest absolute Gasteiger partial charge is 0.321 e. The molecule has 27 heavy (non-hydrogen) atoms. The molecule has 4 heteroatoms. The van der Waals surface area contributed by atoms with Gasteiger partial charge in [-0.3, -0.25) is 4.79 Å². The smallest absolute Gasteiger partial charge is 0.256 e. The molecular formula is C23H13N3O. The molecule has 0 atom stereocenters. The zero-order chi connectivity index (χ0) is 18.8. The van der Waals surface area contributed by atoms with Crippen LogP contribution in [0.1, 0.15) is 11.1 Å². The van der Waals surface area contributed by atoms with Crippen LogP contribution in [0.3, 0.4) is 0 Å². The van der Waals surface area contributed by atoms with E-state index in [-0.39, 0.29) is 5.56 Å². The number of hydrogen-bond acceptors (Lipinski definition) is 3. The van der Waals surface area contributed by atoms with Gasteiger partial charge in [0.2, 0.25) is 0 Å². The summed E-state index contributed by atoms with van der Waals surface area (Å²) in [5, 5.41) is 19.5. The van der Waals surface area contributed by atoms with Crippen LogP contribution in [0, 0.1) is 22.7 Å². The fourth-order valence-corrected chi connectivity index (χ4v) is 3.22. The van der Waals surface area contributed by atoms with Gasteiger partial charge in [0, 0.05) is 10.9 Å². The van der Waals surface area contributed by atoms with Gasteiger partial charge in [0.15, 0.2) is 0 Å². The van der Waals surface area contributed by atoms with E-state index in [4.69, 9.17) is 10.5 Å². The number of rotatable bonds is 2. The first kappa shape index (κ1) is 16.3. The second-order valence-corrected chi connectivity index (χ2v) is 6.13. The third kappa shape index (κ3) is 2.86. The van der Waals surface area contributed by atoms with Crippen LogP contribution >= 0.6 is 0 Å².